The average molecular weight is 216 g/mol. The van der Waals surface area contributed by atoms with Crippen molar-refractivity contribution in [3.8, 4) is 0 Å². The molecule has 2 heteroatoms. The van der Waals surface area contributed by atoms with Crippen molar-refractivity contribution in [1.82, 2.24) is 0 Å². The van der Waals surface area contributed by atoms with E-state index in [1.807, 2.05) is 0 Å². The summed E-state index contributed by atoms with van der Waals surface area (Å²) < 4.78 is 0. The van der Waals surface area contributed by atoms with Gasteiger partial charge in [-0.05, 0) is 0 Å². The molecule has 8 heavy (non-hydrogen) atoms. The van der Waals surface area contributed by atoms with Crippen molar-refractivity contribution in [3.05, 3.63) is 0 Å². The molecule has 0 saturated heterocycles. The standard InChI is InChI=1S/C6H12.ClH.Mo/c1-2-4-6-5-3-1;;/h1-6H2;1H;/q;;+1/p-1. The van der Waals surface area contributed by atoms with E-state index >= 15 is 0 Å². The van der Waals surface area contributed by atoms with Crippen LogP contribution in [0, 0.1) is 0 Å². The fourth-order valence-electron chi connectivity index (χ4n) is 1.06. The van der Waals surface area contributed by atoms with Gasteiger partial charge >= 0.3 is 28.2 Å². The topological polar surface area (TPSA) is 0 Å². The van der Waals surface area contributed by atoms with Gasteiger partial charge in [0.25, 0.3) is 0 Å². The quantitative estimate of drug-likeness (QED) is 0.545. The van der Waals surface area contributed by atoms with Crippen molar-refractivity contribution in [2.45, 2.75) is 38.5 Å². The molecule has 0 bridgehead atoms. The first kappa shape index (κ1) is 8.98. The van der Waals surface area contributed by atoms with Gasteiger partial charge < -0.3 is 0 Å². The van der Waals surface area contributed by atoms with Crippen molar-refractivity contribution in [3.63, 3.8) is 0 Å². The zero-order chi connectivity index (χ0) is 6.24. The Kier molecular flexibility index (Phi) is 8.95. The van der Waals surface area contributed by atoms with Crippen LogP contribution in [0.25, 0.3) is 0 Å². The van der Waals surface area contributed by atoms with Crippen LogP contribution < -0.4 is 0 Å². The molecule has 1 aliphatic carbocycles. The Hall–Kier alpha value is 0.978. The third-order valence-corrected chi connectivity index (χ3v) is 1.50. The monoisotopic (exact) mass is 217 g/mol. The van der Waals surface area contributed by atoms with Gasteiger partial charge in [0.05, 0.1) is 0 Å². The van der Waals surface area contributed by atoms with Gasteiger partial charge in [-0.1, -0.05) is 38.5 Å². The third-order valence-electron chi connectivity index (χ3n) is 1.50. The molecule has 0 amide bonds. The van der Waals surface area contributed by atoms with Gasteiger partial charge in [-0.25, -0.2) is 0 Å². The molecule has 0 aromatic carbocycles. The molecule has 0 aliphatic heterocycles. The van der Waals surface area contributed by atoms with Crippen LogP contribution >= 0.6 is 9.42 Å². The van der Waals surface area contributed by atoms with Crippen LogP contribution in [0.15, 0.2) is 0 Å². The second-order valence-corrected chi connectivity index (χ2v) is 2.12. The molecular formula is C6H12ClMo. The summed E-state index contributed by atoms with van der Waals surface area (Å²) in [6, 6.07) is 0. The van der Waals surface area contributed by atoms with Gasteiger partial charge in [-0.15, -0.1) is 0 Å². The molecular weight excluding hydrogens is 203 g/mol. The van der Waals surface area contributed by atoms with E-state index in [1.165, 1.54) is 57.3 Å². The van der Waals surface area contributed by atoms with Gasteiger partial charge in [-0.2, -0.15) is 0 Å². The Morgan fingerprint density at radius 1 is 0.625 bits per heavy atom. The average Bonchev–Trinajstić information content (AvgIpc) is 1.96. The van der Waals surface area contributed by atoms with Crippen LogP contribution in [0.4, 0.5) is 0 Å². The Morgan fingerprint density at radius 3 is 0.875 bits per heavy atom. The molecule has 1 saturated carbocycles. The van der Waals surface area contributed by atoms with E-state index in [9.17, 15) is 0 Å². The number of hydrogen-bond acceptors (Lipinski definition) is 0. The summed E-state index contributed by atoms with van der Waals surface area (Å²) in [7, 11) is 4.65. The fourth-order valence-corrected chi connectivity index (χ4v) is 1.06. The van der Waals surface area contributed by atoms with Crippen molar-refractivity contribution in [2.24, 2.45) is 0 Å². The summed E-state index contributed by atoms with van der Waals surface area (Å²) in [4.78, 5) is 0. The number of halogens is 1. The van der Waals surface area contributed by atoms with E-state index in [0.29, 0.717) is 0 Å². The maximum atomic E-state index is 4.65. The van der Waals surface area contributed by atoms with E-state index in [0.717, 1.165) is 0 Å². The van der Waals surface area contributed by atoms with E-state index in [-0.39, 0.29) is 0 Å². The molecule has 0 N–H and O–H groups in total. The van der Waals surface area contributed by atoms with Crippen LogP contribution in [-0.2, 0) is 18.8 Å². The summed E-state index contributed by atoms with van der Waals surface area (Å²) >= 11 is 1.42. The molecule has 0 radical (unpaired) electrons. The molecule has 0 aromatic heterocycles. The minimum absolute atomic E-state index is 1.42. The van der Waals surface area contributed by atoms with E-state index in [4.69, 9.17) is 0 Å². The second kappa shape index (κ2) is 7.98. The normalized spacial score (nSPS) is 18.6. The first-order valence-electron chi connectivity index (χ1n) is 3.15. The molecule has 0 heterocycles. The molecule has 0 nitrogen and oxygen atoms in total. The predicted octanol–water partition coefficient (Wildman–Crippen LogP) is 3.03. The van der Waals surface area contributed by atoms with E-state index in [2.05, 4.69) is 9.42 Å². The van der Waals surface area contributed by atoms with Gasteiger partial charge in [0.1, 0.15) is 0 Å². The van der Waals surface area contributed by atoms with Crippen LogP contribution in [0.5, 0.6) is 0 Å². The third kappa shape index (κ3) is 5.12. The van der Waals surface area contributed by atoms with Gasteiger partial charge in [0.15, 0.2) is 0 Å². The first-order valence-corrected chi connectivity index (χ1v) is 5.74. The summed E-state index contributed by atoms with van der Waals surface area (Å²) in [6.07, 6.45) is 9.00. The molecule has 0 atom stereocenters. The predicted molar refractivity (Wildman–Crippen MR) is 33.6 cm³/mol. The van der Waals surface area contributed by atoms with Crippen molar-refractivity contribution >= 4 is 9.42 Å². The summed E-state index contributed by atoms with van der Waals surface area (Å²) in [6.45, 7) is 0. The Bertz CT molecular complexity index is 24.0. The van der Waals surface area contributed by atoms with Crippen LogP contribution in [0.3, 0.4) is 0 Å². The molecule has 1 aliphatic rings. The van der Waals surface area contributed by atoms with Crippen LogP contribution in [0.2, 0.25) is 0 Å². The summed E-state index contributed by atoms with van der Waals surface area (Å²) in [5, 5.41) is 0. The second-order valence-electron chi connectivity index (χ2n) is 2.12. The molecule has 1 rings (SSSR count). The van der Waals surface area contributed by atoms with Crippen LogP contribution in [0.1, 0.15) is 38.5 Å². The van der Waals surface area contributed by atoms with E-state index in [1.54, 1.807) is 0 Å². The van der Waals surface area contributed by atoms with Gasteiger partial charge in [-0.3, -0.25) is 0 Å². The first-order chi connectivity index (χ1) is 4.00. The van der Waals surface area contributed by atoms with E-state index < -0.39 is 0 Å². The van der Waals surface area contributed by atoms with Crippen LogP contribution in [-0.4, -0.2) is 0 Å². The Morgan fingerprint density at radius 2 is 0.750 bits per heavy atom. The fraction of sp³-hybridized carbons (Fsp3) is 1.00. The van der Waals surface area contributed by atoms with Crippen molar-refractivity contribution in [2.75, 3.05) is 0 Å². The van der Waals surface area contributed by atoms with Crippen molar-refractivity contribution in [1.29, 1.82) is 0 Å². The molecule has 1 fully saturated rings. The summed E-state index contributed by atoms with van der Waals surface area (Å²) in [5.74, 6) is 0. The summed E-state index contributed by atoms with van der Waals surface area (Å²) in [5.41, 5.74) is 0. The molecule has 49 valence electrons. The SMILES string of the molecule is C1CCCCC1.[Cl][Mo]. The number of hydrogen-bond donors (Lipinski definition) is 0. The maximum absolute atomic E-state index is 4.65. The Labute approximate surface area is 66.8 Å². The zero-order valence-corrected chi connectivity index (χ0v) is 7.79. The van der Waals surface area contributed by atoms with Crippen molar-refractivity contribution < 1.29 is 18.8 Å². The number of rotatable bonds is 0. The molecule has 0 spiro atoms. The Balaban J connectivity index is 0.000000222. The zero-order valence-electron chi connectivity index (χ0n) is 5.03. The van der Waals surface area contributed by atoms with Gasteiger partial charge in [0.2, 0.25) is 0 Å². The molecule has 0 aromatic rings. The molecule has 0 unspecified atom stereocenters. The van der Waals surface area contributed by atoms with Gasteiger partial charge in [0, 0.05) is 0 Å². The minimum atomic E-state index is 1.42.